The molecule has 0 atom stereocenters. The predicted molar refractivity (Wildman–Crippen MR) is 95.4 cm³/mol. The average Bonchev–Trinajstić information content (AvgIpc) is 2.58. The Morgan fingerprint density at radius 2 is 1.76 bits per heavy atom. The standard InChI is InChI=1S/C19H17N3O3/c1-12-7-9-14(10-8-12)22-17(24)11-16(23)18(21-22)19(25)20-15-6-4-3-5-13(15)2/h3-11,23H,1-2H3,(H,20,25). The summed E-state index contributed by atoms with van der Waals surface area (Å²) in [6, 6.07) is 15.4. The molecule has 1 heterocycles. The second kappa shape index (κ2) is 6.60. The first-order chi connectivity index (χ1) is 12.0. The lowest BCUT2D eigenvalue weighted by atomic mass is 10.2. The summed E-state index contributed by atoms with van der Waals surface area (Å²) in [7, 11) is 0. The fourth-order valence-electron chi connectivity index (χ4n) is 2.37. The Kier molecular flexibility index (Phi) is 4.35. The molecule has 6 heteroatoms. The molecule has 1 aromatic heterocycles. The number of para-hydroxylation sites is 1. The molecular formula is C19H17N3O3. The molecule has 3 rings (SSSR count). The van der Waals surface area contributed by atoms with Crippen LogP contribution < -0.4 is 10.9 Å². The van der Waals surface area contributed by atoms with Crippen LogP contribution in [0.2, 0.25) is 0 Å². The van der Waals surface area contributed by atoms with Crippen molar-refractivity contribution < 1.29 is 9.90 Å². The van der Waals surface area contributed by atoms with E-state index in [2.05, 4.69) is 10.4 Å². The van der Waals surface area contributed by atoms with E-state index in [1.807, 2.05) is 38.1 Å². The molecule has 1 amide bonds. The third-order valence-electron chi connectivity index (χ3n) is 3.80. The molecule has 0 saturated carbocycles. The number of aryl methyl sites for hydroxylation is 2. The first kappa shape index (κ1) is 16.4. The summed E-state index contributed by atoms with van der Waals surface area (Å²) in [5, 5.41) is 16.7. The van der Waals surface area contributed by atoms with Gasteiger partial charge in [-0.3, -0.25) is 9.59 Å². The number of aromatic nitrogens is 2. The van der Waals surface area contributed by atoms with Crippen molar-refractivity contribution in [2.24, 2.45) is 0 Å². The fourth-order valence-corrected chi connectivity index (χ4v) is 2.37. The van der Waals surface area contributed by atoms with Gasteiger partial charge in [0.2, 0.25) is 0 Å². The van der Waals surface area contributed by atoms with Gasteiger partial charge in [-0.25, -0.2) is 0 Å². The molecule has 3 aromatic rings. The zero-order chi connectivity index (χ0) is 18.0. The highest BCUT2D eigenvalue weighted by Gasteiger charge is 2.17. The molecule has 0 spiro atoms. The van der Waals surface area contributed by atoms with Crippen LogP contribution in [0.25, 0.3) is 5.69 Å². The maximum atomic E-state index is 12.5. The summed E-state index contributed by atoms with van der Waals surface area (Å²) in [4.78, 5) is 24.6. The van der Waals surface area contributed by atoms with Crippen LogP contribution in [0.1, 0.15) is 21.6 Å². The van der Waals surface area contributed by atoms with Gasteiger partial charge in [0.1, 0.15) is 0 Å². The smallest absolute Gasteiger partial charge is 0.279 e. The first-order valence-corrected chi connectivity index (χ1v) is 7.73. The summed E-state index contributed by atoms with van der Waals surface area (Å²) < 4.78 is 1.09. The number of aromatic hydroxyl groups is 1. The quantitative estimate of drug-likeness (QED) is 0.771. The Morgan fingerprint density at radius 1 is 1.08 bits per heavy atom. The van der Waals surface area contributed by atoms with Gasteiger partial charge in [-0.15, -0.1) is 0 Å². The molecule has 0 aliphatic carbocycles. The van der Waals surface area contributed by atoms with Gasteiger partial charge in [0.05, 0.1) is 5.69 Å². The molecule has 25 heavy (non-hydrogen) atoms. The summed E-state index contributed by atoms with van der Waals surface area (Å²) in [5.74, 6) is -1.05. The van der Waals surface area contributed by atoms with Gasteiger partial charge in [-0.2, -0.15) is 9.78 Å². The monoisotopic (exact) mass is 335 g/mol. The zero-order valence-corrected chi connectivity index (χ0v) is 13.9. The number of benzene rings is 2. The highest BCUT2D eigenvalue weighted by molar-refractivity contribution is 6.04. The number of amides is 1. The summed E-state index contributed by atoms with van der Waals surface area (Å²) >= 11 is 0. The summed E-state index contributed by atoms with van der Waals surface area (Å²) in [5.41, 5.74) is 2.30. The van der Waals surface area contributed by atoms with Crippen LogP contribution >= 0.6 is 0 Å². The van der Waals surface area contributed by atoms with Crippen molar-refractivity contribution in [3.05, 3.63) is 81.8 Å². The van der Waals surface area contributed by atoms with Crippen LogP contribution in [0.4, 0.5) is 5.69 Å². The summed E-state index contributed by atoms with van der Waals surface area (Å²) in [6.45, 7) is 3.79. The molecule has 126 valence electrons. The zero-order valence-electron chi connectivity index (χ0n) is 13.9. The number of hydrogen-bond donors (Lipinski definition) is 2. The molecule has 2 aromatic carbocycles. The number of rotatable bonds is 3. The van der Waals surface area contributed by atoms with E-state index >= 15 is 0 Å². The molecule has 0 radical (unpaired) electrons. The lowest BCUT2D eigenvalue weighted by molar-refractivity contribution is 0.101. The van der Waals surface area contributed by atoms with Crippen LogP contribution in [0.15, 0.2) is 59.4 Å². The van der Waals surface area contributed by atoms with Gasteiger partial charge in [0.25, 0.3) is 11.5 Å². The topological polar surface area (TPSA) is 84.2 Å². The van der Waals surface area contributed by atoms with E-state index in [4.69, 9.17) is 0 Å². The van der Waals surface area contributed by atoms with Crippen LogP contribution in [-0.2, 0) is 0 Å². The highest BCUT2D eigenvalue weighted by Crippen LogP contribution is 2.18. The Labute approximate surface area is 144 Å². The van der Waals surface area contributed by atoms with E-state index < -0.39 is 17.2 Å². The van der Waals surface area contributed by atoms with Gasteiger partial charge in [0.15, 0.2) is 11.4 Å². The molecular weight excluding hydrogens is 318 g/mol. The average molecular weight is 335 g/mol. The highest BCUT2D eigenvalue weighted by atomic mass is 16.3. The van der Waals surface area contributed by atoms with E-state index in [1.165, 1.54) is 0 Å². The molecule has 0 saturated heterocycles. The van der Waals surface area contributed by atoms with E-state index in [0.29, 0.717) is 11.4 Å². The number of hydrogen-bond acceptors (Lipinski definition) is 4. The van der Waals surface area contributed by atoms with E-state index in [1.54, 1.807) is 24.3 Å². The van der Waals surface area contributed by atoms with Gasteiger partial charge in [0, 0.05) is 11.8 Å². The molecule has 6 nitrogen and oxygen atoms in total. The number of nitrogens with one attached hydrogen (secondary N) is 1. The third kappa shape index (κ3) is 3.42. The van der Waals surface area contributed by atoms with Crippen molar-refractivity contribution in [1.29, 1.82) is 0 Å². The Bertz CT molecular complexity index is 992. The minimum atomic E-state index is -0.590. The molecule has 0 bridgehead atoms. The van der Waals surface area contributed by atoms with Crippen LogP contribution in [0.3, 0.4) is 0 Å². The predicted octanol–water partition coefficient (Wildman–Crippen LogP) is 2.81. The van der Waals surface area contributed by atoms with Gasteiger partial charge >= 0.3 is 0 Å². The minimum absolute atomic E-state index is 0.219. The fraction of sp³-hybridized carbons (Fsp3) is 0.105. The number of carbonyl (C=O) groups is 1. The van der Waals surface area contributed by atoms with Gasteiger partial charge < -0.3 is 10.4 Å². The number of anilines is 1. The molecule has 0 aliphatic rings. The first-order valence-electron chi connectivity index (χ1n) is 7.73. The molecule has 2 N–H and O–H groups in total. The van der Waals surface area contributed by atoms with Crippen molar-refractivity contribution in [3.8, 4) is 11.4 Å². The third-order valence-corrected chi connectivity index (χ3v) is 3.80. The van der Waals surface area contributed by atoms with Crippen molar-refractivity contribution in [2.75, 3.05) is 5.32 Å². The second-order valence-corrected chi connectivity index (χ2v) is 5.73. The Morgan fingerprint density at radius 3 is 2.44 bits per heavy atom. The van der Waals surface area contributed by atoms with Crippen molar-refractivity contribution in [2.45, 2.75) is 13.8 Å². The minimum Gasteiger partial charge on any atom is -0.505 e. The van der Waals surface area contributed by atoms with Crippen molar-refractivity contribution in [3.63, 3.8) is 0 Å². The maximum absolute atomic E-state index is 12.5. The largest absolute Gasteiger partial charge is 0.505 e. The SMILES string of the molecule is Cc1ccc(-n2nc(C(=O)Nc3ccccc3C)c(O)cc2=O)cc1. The number of carbonyl (C=O) groups excluding carboxylic acids is 1. The van der Waals surface area contributed by atoms with Crippen LogP contribution in [0, 0.1) is 13.8 Å². The van der Waals surface area contributed by atoms with Crippen LogP contribution in [0.5, 0.6) is 5.75 Å². The number of nitrogens with zero attached hydrogens (tertiary/aromatic N) is 2. The van der Waals surface area contributed by atoms with Crippen molar-refractivity contribution in [1.82, 2.24) is 9.78 Å². The van der Waals surface area contributed by atoms with E-state index in [0.717, 1.165) is 21.9 Å². The van der Waals surface area contributed by atoms with Gasteiger partial charge in [-0.1, -0.05) is 35.9 Å². The second-order valence-electron chi connectivity index (χ2n) is 5.73. The van der Waals surface area contributed by atoms with Crippen molar-refractivity contribution >= 4 is 11.6 Å². The van der Waals surface area contributed by atoms with Gasteiger partial charge in [-0.05, 0) is 37.6 Å². The molecule has 0 fully saturated rings. The van der Waals surface area contributed by atoms with E-state index in [-0.39, 0.29) is 5.69 Å². The Hall–Kier alpha value is -3.41. The lowest BCUT2D eigenvalue weighted by Gasteiger charge is -2.11. The Balaban J connectivity index is 2.00. The van der Waals surface area contributed by atoms with Crippen LogP contribution in [-0.4, -0.2) is 20.8 Å². The lowest BCUT2D eigenvalue weighted by Crippen LogP contribution is -2.25. The normalized spacial score (nSPS) is 10.5. The molecule has 0 aliphatic heterocycles. The van der Waals surface area contributed by atoms with E-state index in [9.17, 15) is 14.7 Å². The molecule has 0 unspecified atom stereocenters. The maximum Gasteiger partial charge on any atom is 0.279 e. The summed E-state index contributed by atoms with van der Waals surface area (Å²) in [6.07, 6.45) is 0.